The van der Waals surface area contributed by atoms with E-state index in [9.17, 15) is 0 Å². The molecule has 2 aliphatic rings. The van der Waals surface area contributed by atoms with Crippen LogP contribution >= 0.6 is 35.3 Å². The van der Waals surface area contributed by atoms with Crippen molar-refractivity contribution in [1.82, 2.24) is 15.5 Å². The monoisotopic (exact) mass is 567 g/mol. The van der Waals surface area contributed by atoms with E-state index >= 15 is 0 Å². The van der Waals surface area contributed by atoms with Gasteiger partial charge in [0.25, 0.3) is 0 Å². The molecule has 1 aromatic heterocycles. The Morgan fingerprint density at radius 2 is 2.06 bits per heavy atom. The van der Waals surface area contributed by atoms with E-state index in [1.54, 1.807) is 0 Å². The number of hydrogen-bond donors (Lipinski definition) is 2. The van der Waals surface area contributed by atoms with Gasteiger partial charge in [-0.05, 0) is 36.1 Å². The number of halogens is 1. The zero-order valence-corrected chi connectivity index (χ0v) is 22.0. The molecule has 0 saturated carbocycles. The molecule has 32 heavy (non-hydrogen) atoms. The summed E-state index contributed by atoms with van der Waals surface area (Å²) in [6.45, 7) is 8.39. The van der Waals surface area contributed by atoms with Gasteiger partial charge in [0, 0.05) is 56.9 Å². The Hall–Kier alpha value is -1.62. The van der Waals surface area contributed by atoms with Crippen molar-refractivity contribution in [1.29, 1.82) is 0 Å². The van der Waals surface area contributed by atoms with Crippen LogP contribution in [0.25, 0.3) is 0 Å². The fourth-order valence-electron chi connectivity index (χ4n) is 4.17. The number of rotatable bonds is 7. The van der Waals surface area contributed by atoms with Crippen molar-refractivity contribution in [2.75, 3.05) is 51.3 Å². The van der Waals surface area contributed by atoms with Gasteiger partial charge in [-0.25, -0.2) is 0 Å². The Bertz CT molecular complexity index is 880. The Morgan fingerprint density at radius 1 is 1.22 bits per heavy atom. The number of benzene rings is 1. The minimum absolute atomic E-state index is 0. The lowest BCUT2D eigenvalue weighted by molar-refractivity contribution is -0.0334. The first-order chi connectivity index (χ1) is 15.2. The number of nitrogens with zero attached hydrogens (tertiary/aromatic N) is 3. The third kappa shape index (κ3) is 6.69. The summed E-state index contributed by atoms with van der Waals surface area (Å²) in [5.74, 6) is 0.830. The maximum absolute atomic E-state index is 5.75. The number of aliphatic imine (C=N–C) groups is 1. The highest BCUT2D eigenvalue weighted by Gasteiger charge is 2.26. The quantitative estimate of drug-likeness (QED) is 0.230. The second-order valence-electron chi connectivity index (χ2n) is 8.06. The van der Waals surface area contributed by atoms with Crippen LogP contribution in [0, 0.1) is 0 Å². The number of thiophene rings is 1. The molecule has 8 heteroatoms. The first-order valence-corrected chi connectivity index (χ1v) is 11.9. The van der Waals surface area contributed by atoms with E-state index in [0.29, 0.717) is 6.04 Å². The predicted octanol–water partition coefficient (Wildman–Crippen LogP) is 3.87. The van der Waals surface area contributed by atoms with Gasteiger partial charge in [0.15, 0.2) is 5.96 Å². The van der Waals surface area contributed by atoms with Gasteiger partial charge >= 0.3 is 0 Å². The maximum Gasteiger partial charge on any atom is 0.191 e. The molecule has 0 aliphatic carbocycles. The van der Waals surface area contributed by atoms with Crippen LogP contribution in [-0.2, 0) is 11.3 Å². The Balaban J connectivity index is 0.00000289. The van der Waals surface area contributed by atoms with Crippen molar-refractivity contribution >= 4 is 47.0 Å². The number of guanidine groups is 1. The van der Waals surface area contributed by atoms with Gasteiger partial charge in [-0.15, -0.1) is 35.3 Å². The summed E-state index contributed by atoms with van der Waals surface area (Å²) >= 11 is 1.82. The molecule has 0 radical (unpaired) electrons. The van der Waals surface area contributed by atoms with Crippen LogP contribution < -0.4 is 15.5 Å². The minimum Gasteiger partial charge on any atom is -0.376 e. The van der Waals surface area contributed by atoms with E-state index in [1.807, 2.05) is 18.4 Å². The van der Waals surface area contributed by atoms with Gasteiger partial charge in [0.1, 0.15) is 0 Å². The van der Waals surface area contributed by atoms with E-state index < -0.39 is 0 Å². The van der Waals surface area contributed by atoms with Crippen molar-refractivity contribution in [2.24, 2.45) is 4.99 Å². The molecule has 3 heterocycles. The van der Waals surface area contributed by atoms with E-state index in [2.05, 4.69) is 86.3 Å². The molecular formula is C24H34IN5OS. The van der Waals surface area contributed by atoms with E-state index in [1.165, 1.54) is 16.1 Å². The zero-order valence-electron chi connectivity index (χ0n) is 18.9. The highest BCUT2D eigenvalue weighted by molar-refractivity contribution is 14.0. The Kier molecular flexibility index (Phi) is 9.83. The predicted molar refractivity (Wildman–Crippen MR) is 145 cm³/mol. The molecule has 174 valence electrons. The third-order valence-corrected chi connectivity index (χ3v) is 6.80. The molecule has 2 unspecified atom stereocenters. The molecule has 4 rings (SSSR count). The first-order valence-electron chi connectivity index (χ1n) is 11.1. The lowest BCUT2D eigenvalue weighted by atomic mass is 10.1. The molecular weight excluding hydrogens is 533 g/mol. The van der Waals surface area contributed by atoms with Crippen LogP contribution in [0.2, 0.25) is 0 Å². The number of ether oxygens (including phenoxy) is 1. The number of morpholine rings is 1. The van der Waals surface area contributed by atoms with Gasteiger partial charge < -0.3 is 20.3 Å². The molecule has 0 amide bonds. The van der Waals surface area contributed by atoms with Crippen LogP contribution in [-0.4, -0.2) is 63.3 Å². The molecule has 6 nitrogen and oxygen atoms in total. The number of hydrogen-bond acceptors (Lipinski definition) is 5. The maximum atomic E-state index is 5.75. The zero-order chi connectivity index (χ0) is 21.5. The lowest BCUT2D eigenvalue weighted by Gasteiger charge is -2.37. The van der Waals surface area contributed by atoms with E-state index in [0.717, 1.165) is 51.8 Å². The molecule has 2 aromatic rings. The molecule has 0 spiro atoms. The summed E-state index contributed by atoms with van der Waals surface area (Å²) < 4.78 is 5.75. The number of anilines is 1. The second-order valence-corrected chi connectivity index (χ2v) is 9.04. The van der Waals surface area contributed by atoms with Crippen molar-refractivity contribution in [2.45, 2.75) is 25.6 Å². The van der Waals surface area contributed by atoms with Gasteiger partial charge in [0.05, 0.1) is 18.8 Å². The van der Waals surface area contributed by atoms with Crippen LogP contribution in [0.1, 0.15) is 23.4 Å². The Morgan fingerprint density at radius 3 is 2.78 bits per heavy atom. The molecule has 1 saturated heterocycles. The van der Waals surface area contributed by atoms with Crippen LogP contribution in [0.5, 0.6) is 0 Å². The van der Waals surface area contributed by atoms with Gasteiger partial charge in [-0.3, -0.25) is 9.89 Å². The second kappa shape index (κ2) is 12.6. The standard InChI is InChI=1S/C24H33N5OS.HI/c1-19-18-29(12-13-30-19)22(23-9-6-14-31-23)17-27-24(25-2)26-16-20-7-5-8-21(15-20)28-10-3-4-11-28;/h3-9,14-15,19,22H,10-13,16-18H2,1-2H3,(H2,25,26,27);1H. The van der Waals surface area contributed by atoms with Crippen molar-refractivity contribution < 1.29 is 4.74 Å². The molecule has 2 atom stereocenters. The topological polar surface area (TPSA) is 52.1 Å². The summed E-state index contributed by atoms with van der Waals surface area (Å²) in [4.78, 5) is 10.7. The largest absolute Gasteiger partial charge is 0.376 e. The third-order valence-electron chi connectivity index (χ3n) is 5.83. The minimum atomic E-state index is 0. The average molecular weight is 568 g/mol. The SMILES string of the molecule is CN=C(NCc1cccc(N2CC=CC2)c1)NCC(c1cccs1)N1CCOC(C)C1.I. The summed E-state index contributed by atoms with van der Waals surface area (Å²) in [6.07, 6.45) is 4.71. The van der Waals surface area contributed by atoms with Crippen molar-refractivity contribution in [3.05, 3.63) is 64.4 Å². The van der Waals surface area contributed by atoms with Crippen LogP contribution in [0.15, 0.2) is 58.9 Å². The molecule has 0 bridgehead atoms. The number of nitrogens with one attached hydrogen (secondary N) is 2. The van der Waals surface area contributed by atoms with Gasteiger partial charge in [0.2, 0.25) is 0 Å². The fraction of sp³-hybridized carbons (Fsp3) is 0.458. The average Bonchev–Trinajstić information content (AvgIpc) is 3.51. The fourth-order valence-corrected chi connectivity index (χ4v) is 5.03. The molecule has 2 N–H and O–H groups in total. The van der Waals surface area contributed by atoms with E-state index in [4.69, 9.17) is 4.74 Å². The van der Waals surface area contributed by atoms with Crippen LogP contribution in [0.4, 0.5) is 5.69 Å². The molecule has 2 aliphatic heterocycles. The van der Waals surface area contributed by atoms with Gasteiger partial charge in [-0.1, -0.05) is 30.4 Å². The molecule has 1 aromatic carbocycles. The molecule has 1 fully saturated rings. The summed E-state index contributed by atoms with van der Waals surface area (Å²) in [5, 5.41) is 9.19. The first kappa shape index (κ1) is 25.0. The smallest absolute Gasteiger partial charge is 0.191 e. The highest BCUT2D eigenvalue weighted by Crippen LogP contribution is 2.26. The van der Waals surface area contributed by atoms with E-state index in [-0.39, 0.29) is 30.1 Å². The summed E-state index contributed by atoms with van der Waals surface area (Å²) in [7, 11) is 1.83. The summed E-state index contributed by atoms with van der Waals surface area (Å²) in [5.41, 5.74) is 2.52. The van der Waals surface area contributed by atoms with Crippen LogP contribution in [0.3, 0.4) is 0 Å². The van der Waals surface area contributed by atoms with Crippen molar-refractivity contribution in [3.8, 4) is 0 Å². The van der Waals surface area contributed by atoms with Gasteiger partial charge in [-0.2, -0.15) is 0 Å². The van der Waals surface area contributed by atoms with Crippen molar-refractivity contribution in [3.63, 3.8) is 0 Å². The Labute approximate surface area is 212 Å². The normalized spacial score (nSPS) is 20.1. The highest BCUT2D eigenvalue weighted by atomic mass is 127. The summed E-state index contributed by atoms with van der Waals surface area (Å²) in [6, 6.07) is 13.4. The lowest BCUT2D eigenvalue weighted by Crippen LogP contribution is -2.47.